The van der Waals surface area contributed by atoms with Crippen LogP contribution in [0.25, 0.3) is 0 Å². The maximum Gasteiger partial charge on any atom is 0.150 e. The number of rotatable bonds is 3. The predicted octanol–water partition coefficient (Wildman–Crippen LogP) is 2.54. The Kier molecular flexibility index (Phi) is 4.79. The van der Waals surface area contributed by atoms with Crippen molar-refractivity contribution in [2.45, 2.75) is 18.6 Å². The van der Waals surface area contributed by atoms with Crippen LogP contribution in [0.3, 0.4) is 0 Å². The summed E-state index contributed by atoms with van der Waals surface area (Å²) in [5.74, 6) is 0.583. The fourth-order valence-electron chi connectivity index (χ4n) is 2.38. The second kappa shape index (κ2) is 6.02. The largest absolute Gasteiger partial charge is 0.391 e. The number of aromatic nitrogens is 1. The van der Waals surface area contributed by atoms with Crippen LogP contribution in [0.2, 0.25) is 15.2 Å². The highest BCUT2D eigenvalue weighted by Crippen LogP contribution is 2.34. The van der Waals surface area contributed by atoms with E-state index in [4.69, 9.17) is 34.8 Å². The van der Waals surface area contributed by atoms with Crippen LogP contribution in [0.4, 0.5) is 5.82 Å². The van der Waals surface area contributed by atoms with Crippen molar-refractivity contribution in [1.82, 2.24) is 9.88 Å². The molecule has 0 amide bonds. The van der Waals surface area contributed by atoms with Crippen molar-refractivity contribution in [2.24, 2.45) is 0 Å². The summed E-state index contributed by atoms with van der Waals surface area (Å²) >= 11 is 18.0. The molecule has 19 heavy (non-hydrogen) atoms. The van der Waals surface area contributed by atoms with Gasteiger partial charge in [0.25, 0.3) is 0 Å². The van der Waals surface area contributed by atoms with E-state index in [1.165, 1.54) is 0 Å². The normalized spacial score (nSPS) is 23.4. The van der Waals surface area contributed by atoms with Crippen LogP contribution in [0.5, 0.6) is 0 Å². The van der Waals surface area contributed by atoms with E-state index in [0.29, 0.717) is 28.8 Å². The first-order chi connectivity index (χ1) is 8.88. The molecule has 1 aromatic rings. The van der Waals surface area contributed by atoms with Crippen molar-refractivity contribution in [3.63, 3.8) is 0 Å². The molecule has 1 aromatic heterocycles. The number of halogens is 3. The van der Waals surface area contributed by atoms with Crippen molar-refractivity contribution in [3.8, 4) is 0 Å². The molecular weight excluding hydrogens is 309 g/mol. The Hall–Kier alpha value is -0.260. The molecule has 1 fully saturated rings. The Labute approximate surface area is 127 Å². The minimum absolute atomic E-state index is 0.159. The van der Waals surface area contributed by atoms with E-state index in [-0.39, 0.29) is 17.3 Å². The average molecular weight is 325 g/mol. The van der Waals surface area contributed by atoms with Gasteiger partial charge < -0.3 is 14.9 Å². The molecule has 1 aliphatic rings. The summed E-state index contributed by atoms with van der Waals surface area (Å²) in [6.07, 6.45) is 0.313. The summed E-state index contributed by atoms with van der Waals surface area (Å²) in [6.45, 7) is 1.32. The Morgan fingerprint density at radius 3 is 2.68 bits per heavy atom. The minimum Gasteiger partial charge on any atom is -0.391 e. The molecule has 2 unspecified atom stereocenters. The fraction of sp³-hybridized carbons (Fsp3) is 0.583. The van der Waals surface area contributed by atoms with Crippen LogP contribution in [0, 0.1) is 0 Å². The van der Waals surface area contributed by atoms with Gasteiger partial charge in [-0.05, 0) is 26.6 Å². The number of pyridine rings is 1. The molecule has 1 saturated heterocycles. The molecular formula is C12H16Cl3N3O. The summed E-state index contributed by atoms with van der Waals surface area (Å²) in [6, 6.07) is 1.75. The van der Waals surface area contributed by atoms with Gasteiger partial charge in [0, 0.05) is 19.1 Å². The summed E-state index contributed by atoms with van der Waals surface area (Å²) in [5.41, 5.74) is 0. The topological polar surface area (TPSA) is 39.6 Å². The molecule has 106 valence electrons. The number of anilines is 1. The van der Waals surface area contributed by atoms with Gasteiger partial charge in [0.2, 0.25) is 0 Å². The lowest BCUT2D eigenvalue weighted by atomic mass is 10.2. The lowest BCUT2D eigenvalue weighted by Gasteiger charge is -2.28. The monoisotopic (exact) mass is 323 g/mol. The van der Waals surface area contributed by atoms with Crippen LogP contribution in [0.15, 0.2) is 6.07 Å². The number of hydrogen-bond acceptors (Lipinski definition) is 4. The van der Waals surface area contributed by atoms with E-state index < -0.39 is 0 Å². The number of likely N-dealkylation sites (N-methyl/N-ethyl adjacent to an activating group) is 1. The first kappa shape index (κ1) is 15.1. The molecule has 0 aromatic carbocycles. The molecule has 0 radical (unpaired) electrons. The van der Waals surface area contributed by atoms with Gasteiger partial charge in [0.1, 0.15) is 11.0 Å². The summed E-state index contributed by atoms with van der Waals surface area (Å²) in [5, 5.41) is 10.9. The van der Waals surface area contributed by atoms with Gasteiger partial charge in [-0.15, -0.1) is 0 Å². The number of aliphatic hydroxyl groups is 1. The van der Waals surface area contributed by atoms with Crippen LogP contribution in [-0.4, -0.2) is 54.3 Å². The van der Waals surface area contributed by atoms with Gasteiger partial charge in [-0.1, -0.05) is 34.8 Å². The Morgan fingerprint density at radius 1 is 1.37 bits per heavy atom. The molecule has 0 saturated carbocycles. The average Bonchev–Trinajstić information content (AvgIpc) is 2.63. The number of nitrogens with zero attached hydrogens (tertiary/aromatic N) is 3. The Balaban J connectivity index is 2.31. The van der Waals surface area contributed by atoms with Crippen molar-refractivity contribution in [2.75, 3.05) is 32.1 Å². The van der Waals surface area contributed by atoms with E-state index in [1.807, 2.05) is 19.0 Å². The lowest BCUT2D eigenvalue weighted by molar-refractivity contribution is 0.191. The van der Waals surface area contributed by atoms with Crippen LogP contribution >= 0.6 is 34.8 Å². The van der Waals surface area contributed by atoms with Gasteiger partial charge in [-0.3, -0.25) is 0 Å². The second-order valence-electron chi connectivity index (χ2n) is 5.02. The lowest BCUT2D eigenvalue weighted by Crippen LogP contribution is -2.38. The van der Waals surface area contributed by atoms with Gasteiger partial charge in [0.05, 0.1) is 16.1 Å². The van der Waals surface area contributed by atoms with Gasteiger partial charge >= 0.3 is 0 Å². The van der Waals surface area contributed by atoms with E-state index >= 15 is 0 Å². The third-order valence-electron chi connectivity index (χ3n) is 3.11. The van der Waals surface area contributed by atoms with E-state index in [1.54, 1.807) is 6.07 Å². The van der Waals surface area contributed by atoms with E-state index in [9.17, 15) is 5.11 Å². The molecule has 7 heteroatoms. The highest BCUT2D eigenvalue weighted by Gasteiger charge is 2.33. The quantitative estimate of drug-likeness (QED) is 0.867. The Bertz CT molecular complexity index is 470. The summed E-state index contributed by atoms with van der Waals surface area (Å²) < 4.78 is 0. The van der Waals surface area contributed by atoms with Crippen molar-refractivity contribution in [1.29, 1.82) is 0 Å². The van der Waals surface area contributed by atoms with Gasteiger partial charge in [0.15, 0.2) is 0 Å². The SMILES string of the molecule is CN(C)CC1CC(O)CN1c1nc(Cl)c(Cl)cc1Cl. The van der Waals surface area contributed by atoms with Crippen LogP contribution in [0.1, 0.15) is 6.42 Å². The molecule has 1 N–H and O–H groups in total. The first-order valence-electron chi connectivity index (χ1n) is 5.99. The standard InChI is InChI=1S/C12H16Cl3N3O/c1-17(2)5-7-3-8(19)6-18(7)12-10(14)4-9(13)11(15)16-12/h4,7-8,19H,3,5-6H2,1-2H3. The third-order valence-corrected chi connectivity index (χ3v) is 4.06. The van der Waals surface area contributed by atoms with E-state index in [2.05, 4.69) is 9.88 Å². The maximum absolute atomic E-state index is 9.87. The Morgan fingerprint density at radius 2 is 2.05 bits per heavy atom. The van der Waals surface area contributed by atoms with Crippen molar-refractivity contribution < 1.29 is 5.11 Å². The van der Waals surface area contributed by atoms with Crippen LogP contribution in [-0.2, 0) is 0 Å². The zero-order chi connectivity index (χ0) is 14.2. The molecule has 1 aliphatic heterocycles. The predicted molar refractivity (Wildman–Crippen MR) is 79.6 cm³/mol. The zero-order valence-corrected chi connectivity index (χ0v) is 13.0. The number of β-amino-alcohol motifs (C(OH)–C–C–N with tert-alkyl or cyclic N) is 1. The van der Waals surface area contributed by atoms with Crippen molar-refractivity contribution >= 4 is 40.6 Å². The smallest absolute Gasteiger partial charge is 0.150 e. The van der Waals surface area contributed by atoms with Gasteiger partial charge in [-0.25, -0.2) is 4.98 Å². The third kappa shape index (κ3) is 3.44. The molecule has 0 spiro atoms. The minimum atomic E-state index is -0.378. The first-order valence-corrected chi connectivity index (χ1v) is 7.13. The van der Waals surface area contributed by atoms with Crippen molar-refractivity contribution in [3.05, 3.63) is 21.3 Å². The molecule has 2 heterocycles. The second-order valence-corrected chi connectivity index (χ2v) is 6.20. The number of hydrogen-bond donors (Lipinski definition) is 1. The molecule has 2 atom stereocenters. The molecule has 0 aliphatic carbocycles. The zero-order valence-electron chi connectivity index (χ0n) is 10.8. The summed E-state index contributed by atoms with van der Waals surface area (Å²) in [7, 11) is 3.99. The van der Waals surface area contributed by atoms with Crippen LogP contribution < -0.4 is 4.90 Å². The van der Waals surface area contributed by atoms with E-state index in [0.717, 1.165) is 6.54 Å². The fourth-order valence-corrected chi connectivity index (χ4v) is 2.98. The van der Waals surface area contributed by atoms with Gasteiger partial charge in [-0.2, -0.15) is 0 Å². The molecule has 4 nitrogen and oxygen atoms in total. The molecule has 0 bridgehead atoms. The highest BCUT2D eigenvalue weighted by atomic mass is 35.5. The highest BCUT2D eigenvalue weighted by molar-refractivity contribution is 6.42. The molecule has 2 rings (SSSR count). The summed E-state index contributed by atoms with van der Waals surface area (Å²) in [4.78, 5) is 8.31. The number of aliphatic hydroxyl groups excluding tert-OH is 1. The maximum atomic E-state index is 9.87.